The highest BCUT2D eigenvalue weighted by molar-refractivity contribution is 5.68. The number of rotatable bonds is 3. The van der Waals surface area contributed by atoms with Gasteiger partial charge < -0.3 is 20.1 Å². The predicted molar refractivity (Wildman–Crippen MR) is 82.4 cm³/mol. The second-order valence-corrected chi connectivity index (χ2v) is 7.42. The highest BCUT2D eigenvalue weighted by Crippen LogP contribution is 2.22. The van der Waals surface area contributed by atoms with Gasteiger partial charge in [-0.25, -0.2) is 4.79 Å². The van der Waals surface area contributed by atoms with Crippen molar-refractivity contribution in [3.8, 4) is 0 Å². The Morgan fingerprint density at radius 3 is 2.43 bits per heavy atom. The second kappa shape index (κ2) is 6.97. The van der Waals surface area contributed by atoms with Crippen molar-refractivity contribution in [1.82, 2.24) is 10.6 Å². The van der Waals surface area contributed by atoms with Crippen molar-refractivity contribution in [2.45, 2.75) is 89.6 Å². The normalized spacial score (nSPS) is 33.7. The Morgan fingerprint density at radius 1 is 1.10 bits per heavy atom. The zero-order valence-corrected chi connectivity index (χ0v) is 13.8. The smallest absolute Gasteiger partial charge is 0.407 e. The van der Waals surface area contributed by atoms with Gasteiger partial charge in [0.2, 0.25) is 0 Å². The van der Waals surface area contributed by atoms with E-state index in [9.17, 15) is 4.79 Å². The van der Waals surface area contributed by atoms with Crippen LogP contribution in [0.1, 0.15) is 59.8 Å². The summed E-state index contributed by atoms with van der Waals surface area (Å²) in [6.07, 6.45) is 5.36. The van der Waals surface area contributed by atoms with Gasteiger partial charge in [0.25, 0.3) is 0 Å². The Kier molecular flexibility index (Phi) is 5.49. The molecule has 0 spiro atoms. The van der Waals surface area contributed by atoms with Crippen LogP contribution in [0.25, 0.3) is 0 Å². The monoisotopic (exact) mass is 298 g/mol. The third-order valence-corrected chi connectivity index (χ3v) is 4.11. The van der Waals surface area contributed by atoms with Crippen LogP contribution in [0.4, 0.5) is 4.79 Å². The van der Waals surface area contributed by atoms with Crippen molar-refractivity contribution < 1.29 is 14.3 Å². The molecule has 1 aliphatic heterocycles. The van der Waals surface area contributed by atoms with Crippen molar-refractivity contribution in [3.63, 3.8) is 0 Å². The summed E-state index contributed by atoms with van der Waals surface area (Å²) in [6, 6.07) is 1.29. The van der Waals surface area contributed by atoms with Gasteiger partial charge in [0.15, 0.2) is 0 Å². The van der Waals surface area contributed by atoms with Gasteiger partial charge in [0.1, 0.15) is 5.60 Å². The molecule has 4 atom stereocenters. The first-order valence-electron chi connectivity index (χ1n) is 8.19. The van der Waals surface area contributed by atoms with Crippen LogP contribution in [0, 0.1) is 0 Å². The fraction of sp³-hybridized carbons (Fsp3) is 0.938. The zero-order valence-electron chi connectivity index (χ0n) is 13.8. The first-order valence-corrected chi connectivity index (χ1v) is 8.19. The van der Waals surface area contributed by atoms with Gasteiger partial charge in [-0.15, -0.1) is 0 Å². The van der Waals surface area contributed by atoms with Crippen LogP contribution in [0.3, 0.4) is 0 Å². The average Bonchev–Trinajstić information content (AvgIpc) is 2.73. The summed E-state index contributed by atoms with van der Waals surface area (Å²) >= 11 is 0. The third kappa shape index (κ3) is 5.83. The molecule has 2 fully saturated rings. The van der Waals surface area contributed by atoms with E-state index in [4.69, 9.17) is 9.47 Å². The zero-order chi connectivity index (χ0) is 15.5. The molecule has 1 amide bonds. The maximum atomic E-state index is 11.8. The highest BCUT2D eigenvalue weighted by Gasteiger charge is 2.30. The molecular weight excluding hydrogens is 268 g/mol. The van der Waals surface area contributed by atoms with Crippen molar-refractivity contribution in [2.75, 3.05) is 6.61 Å². The Balaban J connectivity index is 1.69. The van der Waals surface area contributed by atoms with Crippen molar-refractivity contribution in [1.29, 1.82) is 0 Å². The van der Waals surface area contributed by atoms with E-state index in [2.05, 4.69) is 17.6 Å². The lowest BCUT2D eigenvalue weighted by molar-refractivity contribution is 0.0113. The molecule has 1 aliphatic carbocycles. The predicted octanol–water partition coefficient (Wildman–Crippen LogP) is 2.59. The summed E-state index contributed by atoms with van der Waals surface area (Å²) in [5.41, 5.74) is -0.432. The summed E-state index contributed by atoms with van der Waals surface area (Å²) in [4.78, 5) is 11.8. The van der Waals surface area contributed by atoms with E-state index in [1.165, 1.54) is 0 Å². The van der Waals surface area contributed by atoms with Gasteiger partial charge in [0, 0.05) is 24.7 Å². The number of amides is 1. The van der Waals surface area contributed by atoms with Crippen LogP contribution in [-0.4, -0.2) is 42.5 Å². The largest absolute Gasteiger partial charge is 0.444 e. The number of hydrogen-bond acceptors (Lipinski definition) is 4. The quantitative estimate of drug-likeness (QED) is 0.841. The fourth-order valence-electron chi connectivity index (χ4n) is 3.22. The van der Waals surface area contributed by atoms with Gasteiger partial charge in [-0.1, -0.05) is 0 Å². The summed E-state index contributed by atoms with van der Waals surface area (Å²) in [6.45, 7) is 8.65. The Hall–Kier alpha value is -0.810. The lowest BCUT2D eigenvalue weighted by Gasteiger charge is -2.30. The number of carbonyl (C=O) groups is 1. The second-order valence-electron chi connectivity index (χ2n) is 7.42. The van der Waals surface area contributed by atoms with Gasteiger partial charge >= 0.3 is 6.09 Å². The molecule has 1 heterocycles. The standard InChI is InChI=1S/C16H30N2O3/c1-11-9-14(7-8-20-11)17-12-5-6-13(10-12)18-15(19)21-16(2,3)4/h11-14,17H,5-10H2,1-4H3,(H,18,19). The number of carbonyl (C=O) groups excluding carboxylic acids is 1. The number of hydrogen-bond donors (Lipinski definition) is 2. The minimum atomic E-state index is -0.432. The van der Waals surface area contributed by atoms with Gasteiger partial charge in [-0.05, 0) is 59.8 Å². The van der Waals surface area contributed by atoms with Gasteiger partial charge in [-0.2, -0.15) is 0 Å². The van der Waals surface area contributed by atoms with E-state index in [1.807, 2.05) is 20.8 Å². The molecule has 0 aromatic heterocycles. The molecule has 5 nitrogen and oxygen atoms in total. The van der Waals surface area contributed by atoms with E-state index in [1.54, 1.807) is 0 Å². The molecule has 2 rings (SSSR count). The van der Waals surface area contributed by atoms with Crippen LogP contribution >= 0.6 is 0 Å². The Morgan fingerprint density at radius 2 is 1.76 bits per heavy atom. The summed E-state index contributed by atoms with van der Waals surface area (Å²) < 4.78 is 10.9. The lowest BCUT2D eigenvalue weighted by atomic mass is 10.0. The first-order chi connectivity index (χ1) is 9.82. The topological polar surface area (TPSA) is 59.6 Å². The molecule has 0 bridgehead atoms. The molecule has 1 saturated carbocycles. The summed E-state index contributed by atoms with van der Waals surface area (Å²) in [5, 5.41) is 6.71. The van der Waals surface area contributed by atoms with Crippen LogP contribution in [0.5, 0.6) is 0 Å². The molecule has 4 unspecified atom stereocenters. The molecule has 0 aromatic rings. The van der Waals surface area contributed by atoms with Crippen molar-refractivity contribution in [2.24, 2.45) is 0 Å². The van der Waals surface area contributed by atoms with E-state index in [0.29, 0.717) is 18.2 Å². The SMILES string of the molecule is CC1CC(NC2CCC(NC(=O)OC(C)(C)C)C2)CCO1. The van der Waals surface area contributed by atoms with E-state index in [0.717, 1.165) is 38.7 Å². The van der Waals surface area contributed by atoms with Crippen LogP contribution in [0.2, 0.25) is 0 Å². The molecular formula is C16H30N2O3. The van der Waals surface area contributed by atoms with E-state index >= 15 is 0 Å². The molecule has 2 aliphatic rings. The summed E-state index contributed by atoms with van der Waals surface area (Å²) in [5.74, 6) is 0. The van der Waals surface area contributed by atoms with Crippen molar-refractivity contribution >= 4 is 6.09 Å². The highest BCUT2D eigenvalue weighted by atomic mass is 16.6. The number of alkyl carbamates (subject to hydrolysis) is 1. The van der Waals surface area contributed by atoms with Crippen LogP contribution < -0.4 is 10.6 Å². The molecule has 5 heteroatoms. The minimum absolute atomic E-state index is 0.231. The maximum Gasteiger partial charge on any atom is 0.407 e. The molecule has 2 N–H and O–H groups in total. The molecule has 0 radical (unpaired) electrons. The summed E-state index contributed by atoms with van der Waals surface area (Å²) in [7, 11) is 0. The maximum absolute atomic E-state index is 11.8. The lowest BCUT2D eigenvalue weighted by Crippen LogP contribution is -2.44. The first kappa shape index (κ1) is 16.6. The molecule has 21 heavy (non-hydrogen) atoms. The number of ether oxygens (including phenoxy) is 2. The Bertz CT molecular complexity index is 354. The van der Waals surface area contributed by atoms with Crippen LogP contribution in [0.15, 0.2) is 0 Å². The van der Waals surface area contributed by atoms with E-state index in [-0.39, 0.29) is 12.1 Å². The molecule has 122 valence electrons. The molecule has 1 saturated heterocycles. The molecule has 0 aromatic carbocycles. The van der Waals surface area contributed by atoms with Gasteiger partial charge in [0.05, 0.1) is 6.10 Å². The Labute approximate surface area is 128 Å². The average molecular weight is 298 g/mol. The minimum Gasteiger partial charge on any atom is -0.444 e. The third-order valence-electron chi connectivity index (χ3n) is 4.11. The van der Waals surface area contributed by atoms with E-state index < -0.39 is 5.60 Å². The van der Waals surface area contributed by atoms with Gasteiger partial charge in [-0.3, -0.25) is 0 Å². The van der Waals surface area contributed by atoms with Crippen molar-refractivity contribution in [3.05, 3.63) is 0 Å². The fourth-order valence-corrected chi connectivity index (χ4v) is 3.22. The number of nitrogens with one attached hydrogen (secondary N) is 2. The van der Waals surface area contributed by atoms with Crippen LogP contribution in [-0.2, 0) is 9.47 Å².